The van der Waals surface area contributed by atoms with E-state index in [9.17, 15) is 9.18 Å². The van der Waals surface area contributed by atoms with Gasteiger partial charge in [0.25, 0.3) is 5.91 Å². The zero-order valence-electron chi connectivity index (χ0n) is 14.7. The van der Waals surface area contributed by atoms with Crippen LogP contribution < -0.4 is 5.32 Å². The summed E-state index contributed by atoms with van der Waals surface area (Å²) < 4.78 is 15.9. The van der Waals surface area contributed by atoms with E-state index >= 15 is 0 Å². The number of anilines is 1. The van der Waals surface area contributed by atoms with E-state index in [1.165, 1.54) is 23.5 Å². The first kappa shape index (κ1) is 18.9. The summed E-state index contributed by atoms with van der Waals surface area (Å²) in [5.74, 6) is -0.288. The lowest BCUT2D eigenvalue weighted by atomic mass is 10.2. The molecule has 142 valence electrons. The van der Waals surface area contributed by atoms with Crippen molar-refractivity contribution in [1.29, 1.82) is 0 Å². The Labute approximate surface area is 174 Å². The molecule has 0 aliphatic heterocycles. The van der Waals surface area contributed by atoms with Gasteiger partial charge < -0.3 is 5.32 Å². The fourth-order valence-corrected chi connectivity index (χ4v) is 4.51. The van der Waals surface area contributed by atoms with Gasteiger partial charge in [0.2, 0.25) is 0 Å². The van der Waals surface area contributed by atoms with Gasteiger partial charge >= 0.3 is 0 Å². The molecular formula is C20H14Cl2FN3OS. The van der Waals surface area contributed by atoms with Gasteiger partial charge in [0.15, 0.2) is 5.82 Å². The van der Waals surface area contributed by atoms with Crippen LogP contribution in [0.5, 0.6) is 0 Å². The van der Waals surface area contributed by atoms with E-state index in [4.69, 9.17) is 23.2 Å². The van der Waals surface area contributed by atoms with Gasteiger partial charge in [-0.1, -0.05) is 47.5 Å². The number of rotatable bonds is 4. The summed E-state index contributed by atoms with van der Waals surface area (Å²) in [5, 5.41) is 8.83. The molecule has 8 heteroatoms. The number of nitrogens with zero attached hydrogens (tertiary/aromatic N) is 2. The maximum Gasteiger partial charge on any atom is 0.268 e. The van der Waals surface area contributed by atoms with Crippen LogP contribution in [0.1, 0.15) is 20.9 Å². The second-order valence-corrected chi connectivity index (χ2v) is 8.10. The van der Waals surface area contributed by atoms with Gasteiger partial charge in [0.1, 0.15) is 10.7 Å². The minimum atomic E-state index is -0.390. The number of thiophene rings is 1. The van der Waals surface area contributed by atoms with E-state index in [1.807, 2.05) is 31.2 Å². The highest BCUT2D eigenvalue weighted by molar-refractivity contribution is 7.21. The molecular weight excluding hydrogens is 420 g/mol. The molecule has 28 heavy (non-hydrogen) atoms. The summed E-state index contributed by atoms with van der Waals surface area (Å²) in [7, 11) is 0. The summed E-state index contributed by atoms with van der Waals surface area (Å²) in [6.45, 7) is 2.23. The Morgan fingerprint density at radius 1 is 1.21 bits per heavy atom. The monoisotopic (exact) mass is 433 g/mol. The lowest BCUT2D eigenvalue weighted by molar-refractivity contribution is 0.103. The highest BCUT2D eigenvalue weighted by Crippen LogP contribution is 2.35. The first-order chi connectivity index (χ1) is 13.4. The maximum atomic E-state index is 13.2. The molecule has 2 aromatic heterocycles. The number of halogens is 3. The fraction of sp³-hybridized carbons (Fsp3) is 0.100. The van der Waals surface area contributed by atoms with Gasteiger partial charge in [-0.2, -0.15) is 5.10 Å². The van der Waals surface area contributed by atoms with Crippen LogP contribution in [0.25, 0.3) is 10.1 Å². The van der Waals surface area contributed by atoms with Crippen molar-refractivity contribution in [1.82, 2.24) is 9.78 Å². The van der Waals surface area contributed by atoms with Gasteiger partial charge in [-0.25, -0.2) is 4.39 Å². The van der Waals surface area contributed by atoms with Crippen LogP contribution in [0.3, 0.4) is 0 Å². The zero-order valence-corrected chi connectivity index (χ0v) is 17.0. The van der Waals surface area contributed by atoms with Crippen molar-refractivity contribution < 1.29 is 9.18 Å². The molecule has 0 saturated carbocycles. The summed E-state index contributed by atoms with van der Waals surface area (Å²) >= 11 is 13.8. The Bertz CT molecular complexity index is 1200. The van der Waals surface area contributed by atoms with E-state index in [0.717, 1.165) is 21.3 Å². The van der Waals surface area contributed by atoms with Crippen LogP contribution in [0.4, 0.5) is 10.2 Å². The standard InChI is InChI=1S/C20H14Cl2FN3OS/c1-11-8-17(25-26(11)10-12-6-7-13(23)9-15(12)21)24-20(27)19-18(22)14-4-2-3-5-16(14)28-19/h2-9H,10H2,1H3,(H,24,25,27). The molecule has 0 spiro atoms. The highest BCUT2D eigenvalue weighted by atomic mass is 35.5. The van der Waals surface area contributed by atoms with Crippen molar-refractivity contribution in [2.75, 3.05) is 5.32 Å². The molecule has 2 aromatic carbocycles. The third kappa shape index (κ3) is 3.63. The molecule has 0 aliphatic rings. The lowest BCUT2D eigenvalue weighted by Gasteiger charge is -2.06. The number of amides is 1. The van der Waals surface area contributed by atoms with Crippen molar-refractivity contribution in [3.05, 3.63) is 80.5 Å². The quantitative estimate of drug-likeness (QED) is 0.419. The number of fused-ring (bicyclic) bond motifs is 1. The number of hydrogen-bond donors (Lipinski definition) is 1. The van der Waals surface area contributed by atoms with Gasteiger partial charge in [0.05, 0.1) is 11.6 Å². The third-order valence-electron chi connectivity index (χ3n) is 4.30. The zero-order chi connectivity index (χ0) is 19.8. The van der Waals surface area contributed by atoms with Crippen molar-refractivity contribution in [2.45, 2.75) is 13.5 Å². The molecule has 4 rings (SSSR count). The van der Waals surface area contributed by atoms with Crippen LogP contribution >= 0.6 is 34.5 Å². The Kier molecular flexibility index (Phi) is 5.10. The summed E-state index contributed by atoms with van der Waals surface area (Å²) in [4.78, 5) is 13.1. The lowest BCUT2D eigenvalue weighted by Crippen LogP contribution is -2.12. The molecule has 1 N–H and O–H groups in total. The Hall–Kier alpha value is -2.41. The second-order valence-electron chi connectivity index (χ2n) is 6.26. The third-order valence-corrected chi connectivity index (χ3v) is 6.33. The summed E-state index contributed by atoms with van der Waals surface area (Å²) in [5.41, 5.74) is 1.57. The van der Waals surface area contributed by atoms with E-state index in [1.54, 1.807) is 16.8 Å². The number of nitrogens with one attached hydrogen (secondary N) is 1. The number of aromatic nitrogens is 2. The largest absolute Gasteiger partial charge is 0.304 e. The van der Waals surface area contributed by atoms with Crippen LogP contribution in [0.15, 0.2) is 48.5 Å². The van der Waals surface area contributed by atoms with Gasteiger partial charge in [-0.3, -0.25) is 9.48 Å². The molecule has 0 saturated heterocycles. The smallest absolute Gasteiger partial charge is 0.268 e. The number of benzene rings is 2. The van der Waals surface area contributed by atoms with Crippen molar-refractivity contribution in [3.8, 4) is 0 Å². The first-order valence-electron chi connectivity index (χ1n) is 8.39. The number of hydrogen-bond acceptors (Lipinski definition) is 3. The van der Waals surface area contributed by atoms with Crippen LogP contribution in [-0.2, 0) is 6.54 Å². The number of aryl methyl sites for hydroxylation is 1. The molecule has 1 amide bonds. The maximum absolute atomic E-state index is 13.2. The van der Waals surface area contributed by atoms with Gasteiger partial charge in [0, 0.05) is 26.9 Å². The summed E-state index contributed by atoms with van der Waals surface area (Å²) in [6.07, 6.45) is 0. The molecule has 4 nitrogen and oxygen atoms in total. The summed E-state index contributed by atoms with van der Waals surface area (Å²) in [6, 6.07) is 13.6. The fourth-order valence-electron chi connectivity index (χ4n) is 2.88. The van der Waals surface area contributed by atoms with Crippen molar-refractivity contribution >= 4 is 56.3 Å². The van der Waals surface area contributed by atoms with Gasteiger partial charge in [-0.15, -0.1) is 11.3 Å². The van der Waals surface area contributed by atoms with Crippen molar-refractivity contribution in [2.24, 2.45) is 0 Å². The molecule has 4 aromatic rings. The molecule has 0 radical (unpaired) electrons. The minimum absolute atomic E-state index is 0.310. The predicted octanol–water partition coefficient (Wildman–Crippen LogP) is 6.15. The molecule has 0 unspecified atom stereocenters. The minimum Gasteiger partial charge on any atom is -0.304 e. The molecule has 0 bridgehead atoms. The first-order valence-corrected chi connectivity index (χ1v) is 9.96. The average Bonchev–Trinajstić information content (AvgIpc) is 3.17. The topological polar surface area (TPSA) is 46.9 Å². The van der Waals surface area contributed by atoms with E-state index in [2.05, 4.69) is 10.4 Å². The van der Waals surface area contributed by atoms with Crippen LogP contribution in [0.2, 0.25) is 10.0 Å². The number of carbonyl (C=O) groups is 1. The Morgan fingerprint density at radius 3 is 2.75 bits per heavy atom. The Balaban J connectivity index is 1.56. The predicted molar refractivity (Wildman–Crippen MR) is 112 cm³/mol. The van der Waals surface area contributed by atoms with Crippen LogP contribution in [0, 0.1) is 12.7 Å². The van der Waals surface area contributed by atoms with Gasteiger partial charge in [-0.05, 0) is 30.7 Å². The van der Waals surface area contributed by atoms with E-state index < -0.39 is 0 Å². The average molecular weight is 434 g/mol. The number of carbonyl (C=O) groups excluding carboxylic acids is 1. The van der Waals surface area contributed by atoms with E-state index in [-0.39, 0.29) is 11.7 Å². The molecule has 0 fully saturated rings. The Morgan fingerprint density at radius 2 is 2.00 bits per heavy atom. The second kappa shape index (κ2) is 7.54. The SMILES string of the molecule is Cc1cc(NC(=O)c2sc3ccccc3c2Cl)nn1Cc1ccc(F)cc1Cl. The normalized spacial score (nSPS) is 11.1. The van der Waals surface area contributed by atoms with Crippen molar-refractivity contribution in [3.63, 3.8) is 0 Å². The molecule has 0 aliphatic carbocycles. The molecule has 2 heterocycles. The van der Waals surface area contributed by atoms with E-state index in [0.29, 0.717) is 27.3 Å². The highest BCUT2D eigenvalue weighted by Gasteiger charge is 2.18. The van der Waals surface area contributed by atoms with Crippen LogP contribution in [-0.4, -0.2) is 15.7 Å². The molecule has 0 atom stereocenters.